The molecule has 0 heterocycles. The van der Waals surface area contributed by atoms with Crippen LogP contribution in [0.25, 0.3) is 0 Å². The van der Waals surface area contributed by atoms with Gasteiger partial charge in [0.15, 0.2) is 11.5 Å². The van der Waals surface area contributed by atoms with Crippen LogP contribution in [0.4, 0.5) is 5.69 Å². The van der Waals surface area contributed by atoms with Crippen molar-refractivity contribution in [2.75, 3.05) is 12.4 Å². The first-order valence-corrected chi connectivity index (χ1v) is 10.9. The predicted octanol–water partition coefficient (Wildman–Crippen LogP) is 4.32. The number of hydrazone groups is 1. The van der Waals surface area contributed by atoms with Gasteiger partial charge in [-0.05, 0) is 69.2 Å². The van der Waals surface area contributed by atoms with Crippen molar-refractivity contribution in [3.05, 3.63) is 88.5 Å². The van der Waals surface area contributed by atoms with Crippen LogP contribution in [0.5, 0.6) is 11.5 Å². The van der Waals surface area contributed by atoms with Crippen LogP contribution >= 0.6 is 0 Å². The highest BCUT2D eigenvalue weighted by molar-refractivity contribution is 6.39. The van der Waals surface area contributed by atoms with Crippen molar-refractivity contribution in [2.45, 2.75) is 27.7 Å². The lowest BCUT2D eigenvalue weighted by molar-refractivity contribution is -0.136. The maximum atomic E-state index is 12.4. The third kappa shape index (κ3) is 6.32. The molecule has 0 saturated carbocycles. The Morgan fingerprint density at radius 3 is 2.06 bits per heavy atom. The summed E-state index contributed by atoms with van der Waals surface area (Å²) in [6.07, 6.45) is 0. The van der Waals surface area contributed by atoms with E-state index in [4.69, 9.17) is 9.47 Å². The van der Waals surface area contributed by atoms with Gasteiger partial charge in [0.05, 0.1) is 18.4 Å². The lowest BCUT2D eigenvalue weighted by atomic mass is 10.1. The monoisotopic (exact) mass is 473 g/mol. The van der Waals surface area contributed by atoms with Crippen molar-refractivity contribution in [2.24, 2.45) is 5.10 Å². The Balaban J connectivity index is 1.68. The first-order chi connectivity index (χ1) is 16.7. The van der Waals surface area contributed by atoms with Crippen LogP contribution in [0.1, 0.15) is 39.5 Å². The van der Waals surface area contributed by atoms with E-state index in [2.05, 4.69) is 15.8 Å². The van der Waals surface area contributed by atoms with Gasteiger partial charge in [0, 0.05) is 11.3 Å². The molecule has 0 fully saturated rings. The molecular formula is C27H27N3O5. The first-order valence-electron chi connectivity index (χ1n) is 10.9. The Morgan fingerprint density at radius 2 is 1.43 bits per heavy atom. The second-order valence-corrected chi connectivity index (χ2v) is 7.98. The largest absolute Gasteiger partial charge is 0.493 e. The summed E-state index contributed by atoms with van der Waals surface area (Å²) in [5.74, 6) is -1.68. The van der Waals surface area contributed by atoms with E-state index in [1.165, 1.54) is 7.11 Å². The fraction of sp³-hybridized carbons (Fsp3) is 0.185. The molecule has 3 aromatic rings. The molecule has 0 radical (unpaired) electrons. The van der Waals surface area contributed by atoms with E-state index >= 15 is 0 Å². The van der Waals surface area contributed by atoms with Crippen LogP contribution in [0.15, 0.2) is 65.8 Å². The minimum absolute atomic E-state index is 0.242. The normalized spacial score (nSPS) is 10.9. The van der Waals surface area contributed by atoms with Gasteiger partial charge in [-0.15, -0.1) is 0 Å². The number of nitrogens with zero attached hydrogens (tertiary/aromatic N) is 1. The standard InChI is InChI=1S/C27H27N3O5/c1-16-9-11-20(12-10-16)27(33)35-22-14-13-21(15-23(22)34-5)19(4)29-30-26(32)25(31)28-24-17(2)7-6-8-18(24)3/h6-15H,1-5H3,(H,28,31)(H,30,32)/b29-19+. The van der Waals surface area contributed by atoms with Gasteiger partial charge in [-0.25, -0.2) is 10.2 Å². The highest BCUT2D eigenvalue weighted by Gasteiger charge is 2.17. The number of rotatable bonds is 6. The Kier molecular flexibility index (Phi) is 7.99. The lowest BCUT2D eigenvalue weighted by Gasteiger charge is -2.12. The molecule has 0 spiro atoms. The number of aryl methyl sites for hydroxylation is 3. The minimum atomic E-state index is -0.900. The van der Waals surface area contributed by atoms with Crippen LogP contribution < -0.4 is 20.2 Å². The van der Waals surface area contributed by atoms with Gasteiger partial charge in [-0.3, -0.25) is 9.59 Å². The summed E-state index contributed by atoms with van der Waals surface area (Å²) >= 11 is 0. The number of para-hydroxylation sites is 1. The smallest absolute Gasteiger partial charge is 0.343 e. The molecule has 0 aliphatic heterocycles. The van der Waals surface area contributed by atoms with Crippen molar-refractivity contribution in [3.8, 4) is 11.5 Å². The van der Waals surface area contributed by atoms with Crippen molar-refractivity contribution in [1.29, 1.82) is 0 Å². The molecule has 3 aromatic carbocycles. The summed E-state index contributed by atoms with van der Waals surface area (Å²) in [6.45, 7) is 7.28. The topological polar surface area (TPSA) is 106 Å². The Hall–Kier alpha value is -4.46. The zero-order chi connectivity index (χ0) is 25.5. The van der Waals surface area contributed by atoms with Crippen LogP contribution in [-0.2, 0) is 9.59 Å². The molecule has 3 rings (SSSR count). The molecular weight excluding hydrogens is 446 g/mol. The van der Waals surface area contributed by atoms with Crippen LogP contribution in [-0.4, -0.2) is 30.6 Å². The molecule has 0 aromatic heterocycles. The third-order valence-electron chi connectivity index (χ3n) is 5.32. The average molecular weight is 474 g/mol. The summed E-state index contributed by atoms with van der Waals surface area (Å²) < 4.78 is 10.8. The number of amides is 2. The molecule has 8 heteroatoms. The van der Waals surface area contributed by atoms with E-state index in [9.17, 15) is 14.4 Å². The van der Waals surface area contributed by atoms with Crippen molar-refractivity contribution < 1.29 is 23.9 Å². The first kappa shape index (κ1) is 25.2. The molecule has 0 saturated heterocycles. The van der Waals surface area contributed by atoms with E-state index in [0.717, 1.165) is 16.7 Å². The van der Waals surface area contributed by atoms with Gasteiger partial charge in [-0.2, -0.15) is 5.10 Å². The van der Waals surface area contributed by atoms with Crippen molar-refractivity contribution in [1.82, 2.24) is 5.43 Å². The lowest BCUT2D eigenvalue weighted by Crippen LogP contribution is -2.33. The van der Waals surface area contributed by atoms with Crippen LogP contribution in [0.3, 0.4) is 0 Å². The molecule has 0 unspecified atom stereocenters. The van der Waals surface area contributed by atoms with E-state index < -0.39 is 17.8 Å². The summed E-state index contributed by atoms with van der Waals surface area (Å²) in [6, 6.07) is 17.5. The summed E-state index contributed by atoms with van der Waals surface area (Å²) in [4.78, 5) is 37.0. The van der Waals surface area contributed by atoms with Gasteiger partial charge in [0.1, 0.15) is 0 Å². The maximum Gasteiger partial charge on any atom is 0.343 e. The number of carbonyl (C=O) groups excluding carboxylic acids is 3. The molecule has 2 amide bonds. The molecule has 180 valence electrons. The van der Waals surface area contributed by atoms with E-state index in [1.54, 1.807) is 37.3 Å². The zero-order valence-corrected chi connectivity index (χ0v) is 20.3. The molecule has 0 atom stereocenters. The number of carbonyl (C=O) groups is 3. The fourth-order valence-corrected chi connectivity index (χ4v) is 3.26. The number of ether oxygens (including phenoxy) is 2. The molecule has 2 N–H and O–H groups in total. The van der Waals surface area contributed by atoms with Gasteiger partial charge in [0.2, 0.25) is 0 Å². The van der Waals surface area contributed by atoms with Crippen molar-refractivity contribution >= 4 is 29.2 Å². The Morgan fingerprint density at radius 1 is 0.800 bits per heavy atom. The molecule has 0 aliphatic carbocycles. The highest BCUT2D eigenvalue weighted by Crippen LogP contribution is 2.29. The maximum absolute atomic E-state index is 12.4. The van der Waals surface area contributed by atoms with Gasteiger partial charge < -0.3 is 14.8 Å². The number of esters is 1. The van der Waals surface area contributed by atoms with E-state index in [0.29, 0.717) is 28.3 Å². The van der Waals surface area contributed by atoms with Gasteiger partial charge in [0.25, 0.3) is 0 Å². The van der Waals surface area contributed by atoms with E-state index in [-0.39, 0.29) is 5.75 Å². The minimum Gasteiger partial charge on any atom is -0.493 e. The Labute approximate surface area is 204 Å². The van der Waals surface area contributed by atoms with E-state index in [1.807, 2.05) is 51.1 Å². The average Bonchev–Trinajstić information content (AvgIpc) is 2.85. The van der Waals surface area contributed by atoms with Crippen LogP contribution in [0.2, 0.25) is 0 Å². The number of methoxy groups -OCH3 is 1. The molecule has 0 aliphatic rings. The van der Waals surface area contributed by atoms with Crippen molar-refractivity contribution in [3.63, 3.8) is 0 Å². The van der Waals surface area contributed by atoms with Crippen LogP contribution in [0, 0.1) is 20.8 Å². The third-order valence-corrected chi connectivity index (χ3v) is 5.32. The molecule has 35 heavy (non-hydrogen) atoms. The van der Waals surface area contributed by atoms with Gasteiger partial charge >= 0.3 is 17.8 Å². The zero-order valence-electron chi connectivity index (χ0n) is 20.3. The number of hydrogen-bond donors (Lipinski definition) is 2. The SMILES string of the molecule is COc1cc(/C(C)=N/NC(=O)C(=O)Nc2c(C)cccc2C)ccc1OC(=O)c1ccc(C)cc1. The predicted molar refractivity (Wildman–Crippen MR) is 134 cm³/mol. The molecule has 0 bridgehead atoms. The quantitative estimate of drug-likeness (QED) is 0.182. The fourth-order valence-electron chi connectivity index (χ4n) is 3.26. The highest BCUT2D eigenvalue weighted by atomic mass is 16.6. The number of anilines is 1. The number of benzene rings is 3. The summed E-state index contributed by atoms with van der Waals surface area (Å²) in [5, 5.41) is 6.63. The summed E-state index contributed by atoms with van der Waals surface area (Å²) in [7, 11) is 1.45. The molecule has 8 nitrogen and oxygen atoms in total. The second-order valence-electron chi connectivity index (χ2n) is 7.98. The Bertz CT molecular complexity index is 1280. The number of nitrogens with one attached hydrogen (secondary N) is 2. The number of hydrogen-bond acceptors (Lipinski definition) is 6. The second kappa shape index (κ2) is 11.1. The van der Waals surface area contributed by atoms with Gasteiger partial charge in [-0.1, -0.05) is 35.9 Å². The summed E-state index contributed by atoms with van der Waals surface area (Å²) in [5.41, 5.74) is 7.03.